The number of nitrogens with zero attached hydrogens (tertiary/aromatic N) is 2. The first-order valence-electron chi connectivity index (χ1n) is 6.64. The molecule has 1 aromatic heterocycles. The second-order valence-electron chi connectivity index (χ2n) is 4.73. The molecular formula is C15H15FN4O2. The van der Waals surface area contributed by atoms with Crippen LogP contribution in [0.1, 0.15) is 16.1 Å². The summed E-state index contributed by atoms with van der Waals surface area (Å²) in [7, 11) is 0. The molecule has 0 aliphatic carbocycles. The Morgan fingerprint density at radius 1 is 1.23 bits per heavy atom. The van der Waals surface area contributed by atoms with E-state index >= 15 is 0 Å². The lowest BCUT2D eigenvalue weighted by atomic mass is 9.98. The van der Waals surface area contributed by atoms with Crippen LogP contribution in [0.15, 0.2) is 42.9 Å². The predicted molar refractivity (Wildman–Crippen MR) is 77.2 cm³/mol. The zero-order chi connectivity index (χ0) is 15.9. The van der Waals surface area contributed by atoms with E-state index < -0.39 is 17.7 Å². The average molecular weight is 302 g/mol. The monoisotopic (exact) mass is 302 g/mol. The van der Waals surface area contributed by atoms with E-state index in [1.807, 2.05) is 0 Å². The lowest BCUT2D eigenvalue weighted by Gasteiger charge is -2.14. The molecule has 0 aliphatic rings. The van der Waals surface area contributed by atoms with Crippen molar-refractivity contribution in [1.29, 1.82) is 0 Å². The van der Waals surface area contributed by atoms with Gasteiger partial charge >= 0.3 is 0 Å². The molecule has 0 aliphatic heterocycles. The van der Waals surface area contributed by atoms with Gasteiger partial charge in [-0.3, -0.25) is 14.6 Å². The van der Waals surface area contributed by atoms with Crippen molar-refractivity contribution in [1.82, 2.24) is 15.3 Å². The van der Waals surface area contributed by atoms with Gasteiger partial charge in [-0.05, 0) is 24.1 Å². The zero-order valence-corrected chi connectivity index (χ0v) is 11.7. The molecule has 114 valence electrons. The smallest absolute Gasteiger partial charge is 0.271 e. The van der Waals surface area contributed by atoms with Crippen molar-refractivity contribution in [3.63, 3.8) is 0 Å². The number of carbonyl (C=O) groups is 2. The summed E-state index contributed by atoms with van der Waals surface area (Å²) in [4.78, 5) is 31.0. The third kappa shape index (κ3) is 4.34. The van der Waals surface area contributed by atoms with Crippen LogP contribution in [0.5, 0.6) is 0 Å². The van der Waals surface area contributed by atoms with Crippen LogP contribution in [0.2, 0.25) is 0 Å². The van der Waals surface area contributed by atoms with Crippen LogP contribution >= 0.6 is 0 Å². The van der Waals surface area contributed by atoms with Gasteiger partial charge in [-0.1, -0.05) is 12.1 Å². The van der Waals surface area contributed by atoms with Crippen molar-refractivity contribution in [2.45, 2.75) is 6.42 Å². The van der Waals surface area contributed by atoms with Crippen molar-refractivity contribution in [2.24, 2.45) is 11.7 Å². The van der Waals surface area contributed by atoms with E-state index in [1.165, 1.54) is 30.7 Å². The molecule has 2 rings (SSSR count). The number of halogens is 1. The highest BCUT2D eigenvalue weighted by Gasteiger charge is 2.18. The number of nitrogens with two attached hydrogens (primary N) is 1. The Morgan fingerprint density at radius 2 is 1.95 bits per heavy atom. The molecule has 2 aromatic rings. The van der Waals surface area contributed by atoms with E-state index in [0.29, 0.717) is 6.42 Å². The fourth-order valence-corrected chi connectivity index (χ4v) is 1.90. The Kier molecular flexibility index (Phi) is 5.13. The first-order valence-corrected chi connectivity index (χ1v) is 6.64. The van der Waals surface area contributed by atoms with Crippen LogP contribution in [0.3, 0.4) is 0 Å². The summed E-state index contributed by atoms with van der Waals surface area (Å²) in [6.45, 7) is 0.0715. The number of carbonyl (C=O) groups excluding carboxylic acids is 2. The highest BCUT2D eigenvalue weighted by molar-refractivity contribution is 5.92. The molecule has 1 heterocycles. The van der Waals surface area contributed by atoms with Crippen LogP contribution in [0, 0.1) is 11.7 Å². The Hall–Kier alpha value is -2.83. The minimum absolute atomic E-state index is 0.0715. The molecule has 0 bridgehead atoms. The number of hydrogen-bond donors (Lipinski definition) is 2. The van der Waals surface area contributed by atoms with E-state index in [1.54, 1.807) is 12.1 Å². The summed E-state index contributed by atoms with van der Waals surface area (Å²) in [6.07, 6.45) is 4.50. The Balaban J connectivity index is 1.96. The fraction of sp³-hybridized carbons (Fsp3) is 0.200. The molecule has 0 fully saturated rings. The van der Waals surface area contributed by atoms with Gasteiger partial charge in [-0.2, -0.15) is 0 Å². The topological polar surface area (TPSA) is 98.0 Å². The zero-order valence-electron chi connectivity index (χ0n) is 11.7. The first kappa shape index (κ1) is 15.6. The molecule has 1 aromatic carbocycles. The molecule has 1 atom stereocenters. The Morgan fingerprint density at radius 3 is 2.55 bits per heavy atom. The van der Waals surface area contributed by atoms with Gasteiger partial charge in [0, 0.05) is 18.9 Å². The number of hydrogen-bond acceptors (Lipinski definition) is 4. The molecule has 6 nitrogen and oxygen atoms in total. The largest absolute Gasteiger partial charge is 0.369 e. The quantitative estimate of drug-likeness (QED) is 0.820. The molecule has 7 heteroatoms. The van der Waals surface area contributed by atoms with E-state index in [9.17, 15) is 14.0 Å². The third-order valence-electron chi connectivity index (χ3n) is 3.10. The maximum atomic E-state index is 12.9. The summed E-state index contributed by atoms with van der Waals surface area (Å²) < 4.78 is 12.9. The average Bonchev–Trinajstić information content (AvgIpc) is 2.53. The van der Waals surface area contributed by atoms with E-state index in [2.05, 4.69) is 15.3 Å². The maximum absolute atomic E-state index is 12.9. The van der Waals surface area contributed by atoms with E-state index in [4.69, 9.17) is 5.73 Å². The van der Waals surface area contributed by atoms with Gasteiger partial charge < -0.3 is 11.1 Å². The normalized spacial score (nSPS) is 11.7. The molecule has 0 saturated carbocycles. The van der Waals surface area contributed by atoms with Gasteiger partial charge in [0.15, 0.2) is 0 Å². The fourth-order valence-electron chi connectivity index (χ4n) is 1.90. The number of rotatable bonds is 6. The molecule has 3 N–H and O–H groups in total. The lowest BCUT2D eigenvalue weighted by molar-refractivity contribution is -0.121. The number of amides is 2. The molecular weight excluding hydrogens is 287 g/mol. The van der Waals surface area contributed by atoms with Crippen molar-refractivity contribution in [3.8, 4) is 0 Å². The maximum Gasteiger partial charge on any atom is 0.271 e. The number of aromatic nitrogens is 2. The number of primary amides is 1. The van der Waals surface area contributed by atoms with Crippen molar-refractivity contribution in [3.05, 3.63) is 59.9 Å². The molecule has 1 unspecified atom stereocenters. The van der Waals surface area contributed by atoms with Gasteiger partial charge in [0.2, 0.25) is 5.91 Å². The molecule has 2 amide bonds. The van der Waals surface area contributed by atoms with Crippen LogP contribution < -0.4 is 11.1 Å². The summed E-state index contributed by atoms with van der Waals surface area (Å²) in [5, 5.41) is 2.60. The Labute approximate surface area is 126 Å². The number of benzene rings is 1. The Bertz CT molecular complexity index is 646. The third-order valence-corrected chi connectivity index (χ3v) is 3.10. The first-order chi connectivity index (χ1) is 10.6. The lowest BCUT2D eigenvalue weighted by Crippen LogP contribution is -2.37. The summed E-state index contributed by atoms with van der Waals surface area (Å²) in [6, 6.07) is 5.78. The van der Waals surface area contributed by atoms with E-state index in [0.717, 1.165) is 5.56 Å². The molecule has 0 radical (unpaired) electrons. The van der Waals surface area contributed by atoms with Crippen LogP contribution in [0.4, 0.5) is 4.39 Å². The SMILES string of the molecule is NC(=O)C(CNC(=O)c1cnccn1)Cc1ccc(F)cc1. The summed E-state index contributed by atoms with van der Waals surface area (Å²) >= 11 is 0. The van der Waals surface area contributed by atoms with Gasteiger partial charge in [0.1, 0.15) is 11.5 Å². The minimum atomic E-state index is -0.592. The second kappa shape index (κ2) is 7.26. The van der Waals surface area contributed by atoms with Crippen LogP contribution in [0.25, 0.3) is 0 Å². The highest BCUT2D eigenvalue weighted by atomic mass is 19.1. The summed E-state index contributed by atoms with van der Waals surface area (Å²) in [5.41, 5.74) is 6.27. The van der Waals surface area contributed by atoms with Crippen molar-refractivity contribution >= 4 is 11.8 Å². The standard InChI is InChI=1S/C15H15FN4O2/c16-12-3-1-10(2-4-12)7-11(14(17)21)8-20-15(22)13-9-18-5-6-19-13/h1-6,9,11H,7-8H2,(H2,17,21)(H,20,22). The number of nitrogens with one attached hydrogen (secondary N) is 1. The van der Waals surface area contributed by atoms with Crippen LogP contribution in [-0.4, -0.2) is 28.3 Å². The van der Waals surface area contributed by atoms with Crippen LogP contribution in [-0.2, 0) is 11.2 Å². The van der Waals surface area contributed by atoms with Gasteiger partial charge in [-0.15, -0.1) is 0 Å². The van der Waals surface area contributed by atoms with Gasteiger partial charge in [0.05, 0.1) is 12.1 Å². The minimum Gasteiger partial charge on any atom is -0.369 e. The van der Waals surface area contributed by atoms with Crippen molar-refractivity contribution in [2.75, 3.05) is 6.54 Å². The predicted octanol–water partition coefficient (Wildman–Crippen LogP) is 0.690. The summed E-state index contributed by atoms with van der Waals surface area (Å²) in [5.74, 6) is -1.91. The van der Waals surface area contributed by atoms with E-state index in [-0.39, 0.29) is 18.1 Å². The van der Waals surface area contributed by atoms with Gasteiger partial charge in [-0.25, -0.2) is 9.37 Å². The second-order valence-corrected chi connectivity index (χ2v) is 4.73. The molecule has 0 saturated heterocycles. The molecule has 0 spiro atoms. The van der Waals surface area contributed by atoms with Gasteiger partial charge in [0.25, 0.3) is 5.91 Å². The molecule has 22 heavy (non-hydrogen) atoms. The highest BCUT2D eigenvalue weighted by Crippen LogP contribution is 2.09. The van der Waals surface area contributed by atoms with Crippen molar-refractivity contribution < 1.29 is 14.0 Å².